The minimum absolute atomic E-state index is 0.0487. The first kappa shape index (κ1) is 19.9. The first-order valence-electron chi connectivity index (χ1n) is 9.15. The Bertz CT molecular complexity index is 905. The monoisotopic (exact) mass is 403 g/mol. The Balaban J connectivity index is 1.99. The van der Waals surface area contributed by atoms with Gasteiger partial charge in [0.15, 0.2) is 5.13 Å². The van der Waals surface area contributed by atoms with Crippen LogP contribution in [0, 0.1) is 17.0 Å². The van der Waals surface area contributed by atoms with Crippen molar-refractivity contribution in [3.63, 3.8) is 0 Å². The van der Waals surface area contributed by atoms with Crippen LogP contribution in [0.3, 0.4) is 0 Å². The predicted octanol–water partition coefficient (Wildman–Crippen LogP) is 4.13. The van der Waals surface area contributed by atoms with Crippen LogP contribution in [0.15, 0.2) is 24.3 Å². The molecule has 9 heteroatoms. The van der Waals surface area contributed by atoms with E-state index >= 15 is 0 Å². The van der Waals surface area contributed by atoms with Gasteiger partial charge in [0.25, 0.3) is 11.6 Å². The number of rotatable bonds is 6. The zero-order valence-electron chi connectivity index (χ0n) is 15.7. The fourth-order valence-electron chi connectivity index (χ4n) is 3.33. The van der Waals surface area contributed by atoms with Crippen LogP contribution in [0.2, 0.25) is 0 Å². The van der Waals surface area contributed by atoms with E-state index in [0.717, 1.165) is 37.0 Å². The number of carbonyl (C=O) groups excluding carboxylic acids is 2. The van der Waals surface area contributed by atoms with Crippen molar-refractivity contribution in [2.45, 2.75) is 45.6 Å². The molecule has 0 bridgehead atoms. The first-order valence-corrected chi connectivity index (χ1v) is 9.96. The second-order valence-electron chi connectivity index (χ2n) is 6.55. The smallest absolute Gasteiger partial charge is 0.350 e. The molecule has 1 aromatic heterocycles. The predicted molar refractivity (Wildman–Crippen MR) is 105 cm³/mol. The number of carbonyl (C=O) groups is 2. The van der Waals surface area contributed by atoms with Crippen molar-refractivity contribution in [1.29, 1.82) is 0 Å². The molecule has 1 heterocycles. The van der Waals surface area contributed by atoms with Crippen LogP contribution in [0.4, 0.5) is 10.8 Å². The van der Waals surface area contributed by atoms with Gasteiger partial charge in [-0.1, -0.05) is 30.2 Å². The summed E-state index contributed by atoms with van der Waals surface area (Å²) >= 11 is 1.12. The molecule has 0 radical (unpaired) electrons. The molecule has 28 heavy (non-hydrogen) atoms. The molecule has 1 aromatic carbocycles. The molecule has 3 rings (SSSR count). The summed E-state index contributed by atoms with van der Waals surface area (Å²) in [6.07, 6.45) is 3.65. The lowest BCUT2D eigenvalue weighted by atomic mass is 10.1. The fraction of sp³-hybridized carbons (Fsp3) is 0.421. The standard InChI is InChI=1S/C19H21N3O5S/c1-3-27-18(24)16-12(2)20-19(28-16)21(14-8-4-5-9-14)17(23)13-7-6-10-15(11-13)22(25)26/h6-7,10-11,14H,3-5,8-9H2,1-2H3. The SMILES string of the molecule is CCOC(=O)c1sc(N(C(=O)c2cccc([N+](=O)[O-])c2)C2CCCC2)nc1C. The summed E-state index contributed by atoms with van der Waals surface area (Å²) in [6, 6.07) is 5.63. The number of nitrogens with zero attached hydrogens (tertiary/aromatic N) is 3. The third kappa shape index (κ3) is 4.04. The Morgan fingerprint density at radius 2 is 2.07 bits per heavy atom. The van der Waals surface area contributed by atoms with Gasteiger partial charge in [-0.2, -0.15) is 0 Å². The highest BCUT2D eigenvalue weighted by Crippen LogP contribution is 2.34. The number of thiazole rings is 1. The summed E-state index contributed by atoms with van der Waals surface area (Å²) in [6.45, 7) is 3.69. The van der Waals surface area contributed by atoms with E-state index in [0.29, 0.717) is 15.7 Å². The molecule has 1 saturated carbocycles. The van der Waals surface area contributed by atoms with Gasteiger partial charge in [0.05, 0.1) is 17.2 Å². The number of anilines is 1. The lowest BCUT2D eigenvalue weighted by molar-refractivity contribution is -0.384. The van der Waals surface area contributed by atoms with Gasteiger partial charge in [-0.05, 0) is 32.8 Å². The lowest BCUT2D eigenvalue weighted by Gasteiger charge is -2.26. The van der Waals surface area contributed by atoms with Crippen LogP contribution >= 0.6 is 11.3 Å². The molecule has 0 N–H and O–H groups in total. The third-order valence-electron chi connectivity index (χ3n) is 4.66. The Labute approximate surface area is 166 Å². The highest BCUT2D eigenvalue weighted by molar-refractivity contribution is 7.17. The minimum atomic E-state index is -0.525. The number of benzene rings is 1. The van der Waals surface area contributed by atoms with Crippen molar-refractivity contribution < 1.29 is 19.2 Å². The number of nitro benzene ring substituents is 1. The van der Waals surface area contributed by atoms with Crippen LogP contribution in [0.5, 0.6) is 0 Å². The molecule has 2 aromatic rings. The van der Waals surface area contributed by atoms with Gasteiger partial charge in [-0.25, -0.2) is 9.78 Å². The molecule has 1 amide bonds. The molecular formula is C19H21N3O5S. The maximum absolute atomic E-state index is 13.3. The van der Waals surface area contributed by atoms with Gasteiger partial charge in [-0.3, -0.25) is 19.8 Å². The maximum atomic E-state index is 13.3. The highest BCUT2D eigenvalue weighted by atomic mass is 32.1. The number of hydrogen-bond acceptors (Lipinski definition) is 7. The molecule has 1 aliphatic rings. The quantitative estimate of drug-likeness (QED) is 0.408. The lowest BCUT2D eigenvalue weighted by Crippen LogP contribution is -2.39. The number of non-ortho nitro benzene ring substituents is 1. The van der Waals surface area contributed by atoms with E-state index in [1.54, 1.807) is 24.8 Å². The number of aromatic nitrogens is 1. The number of amides is 1. The summed E-state index contributed by atoms with van der Waals surface area (Å²) in [5.74, 6) is -0.808. The van der Waals surface area contributed by atoms with Crippen molar-refractivity contribution in [3.05, 3.63) is 50.5 Å². The van der Waals surface area contributed by atoms with E-state index in [1.807, 2.05) is 0 Å². The number of esters is 1. The number of aryl methyl sites for hydroxylation is 1. The minimum Gasteiger partial charge on any atom is -0.462 e. The Kier molecular flexibility index (Phi) is 6.03. The van der Waals surface area contributed by atoms with E-state index in [9.17, 15) is 19.7 Å². The Hall–Kier alpha value is -2.81. The molecule has 0 spiro atoms. The Morgan fingerprint density at radius 1 is 1.36 bits per heavy atom. The molecule has 1 aliphatic carbocycles. The first-order chi connectivity index (χ1) is 13.4. The molecule has 1 fully saturated rings. The maximum Gasteiger partial charge on any atom is 0.350 e. The topological polar surface area (TPSA) is 103 Å². The van der Waals surface area contributed by atoms with Crippen LogP contribution in [-0.2, 0) is 4.74 Å². The van der Waals surface area contributed by atoms with E-state index in [-0.39, 0.29) is 29.8 Å². The van der Waals surface area contributed by atoms with Gasteiger partial charge in [0, 0.05) is 23.7 Å². The van der Waals surface area contributed by atoms with Crippen LogP contribution in [0.1, 0.15) is 58.3 Å². The average molecular weight is 403 g/mol. The van der Waals surface area contributed by atoms with Crippen LogP contribution < -0.4 is 4.90 Å². The molecule has 8 nitrogen and oxygen atoms in total. The molecule has 148 valence electrons. The summed E-state index contributed by atoms with van der Waals surface area (Å²) in [7, 11) is 0. The second-order valence-corrected chi connectivity index (χ2v) is 7.53. The molecule has 0 atom stereocenters. The molecule has 0 saturated heterocycles. The molecular weight excluding hydrogens is 382 g/mol. The van der Waals surface area contributed by atoms with Crippen molar-refractivity contribution in [1.82, 2.24) is 4.98 Å². The van der Waals surface area contributed by atoms with Gasteiger partial charge >= 0.3 is 5.97 Å². The second kappa shape index (κ2) is 8.47. The molecule has 0 unspecified atom stereocenters. The van der Waals surface area contributed by atoms with Crippen molar-refractivity contribution in [2.24, 2.45) is 0 Å². The molecule has 0 aliphatic heterocycles. The summed E-state index contributed by atoms with van der Waals surface area (Å²) in [5.41, 5.74) is 0.597. The summed E-state index contributed by atoms with van der Waals surface area (Å²) < 4.78 is 5.07. The van der Waals surface area contributed by atoms with Gasteiger partial charge in [0.2, 0.25) is 0 Å². The normalized spacial score (nSPS) is 14.1. The largest absolute Gasteiger partial charge is 0.462 e. The number of ether oxygens (including phenoxy) is 1. The third-order valence-corrected chi connectivity index (χ3v) is 5.80. The number of nitro groups is 1. The zero-order valence-corrected chi connectivity index (χ0v) is 16.5. The van der Waals surface area contributed by atoms with Gasteiger partial charge in [-0.15, -0.1) is 0 Å². The Morgan fingerprint density at radius 3 is 2.71 bits per heavy atom. The van der Waals surface area contributed by atoms with E-state index < -0.39 is 10.9 Å². The zero-order chi connectivity index (χ0) is 20.3. The van der Waals surface area contributed by atoms with E-state index in [1.165, 1.54) is 18.2 Å². The van der Waals surface area contributed by atoms with Gasteiger partial charge in [0.1, 0.15) is 4.88 Å². The van der Waals surface area contributed by atoms with Gasteiger partial charge < -0.3 is 4.74 Å². The fourth-order valence-corrected chi connectivity index (χ4v) is 4.37. The van der Waals surface area contributed by atoms with Crippen LogP contribution in [0.25, 0.3) is 0 Å². The van der Waals surface area contributed by atoms with Crippen molar-refractivity contribution in [2.75, 3.05) is 11.5 Å². The van der Waals surface area contributed by atoms with E-state index in [2.05, 4.69) is 4.98 Å². The highest BCUT2D eigenvalue weighted by Gasteiger charge is 2.33. The van der Waals surface area contributed by atoms with Crippen molar-refractivity contribution >= 4 is 34.0 Å². The van der Waals surface area contributed by atoms with Crippen LogP contribution in [-0.4, -0.2) is 34.4 Å². The summed E-state index contributed by atoms with van der Waals surface area (Å²) in [4.78, 5) is 42.4. The van der Waals surface area contributed by atoms with Crippen molar-refractivity contribution in [3.8, 4) is 0 Å². The number of hydrogen-bond donors (Lipinski definition) is 0. The van der Waals surface area contributed by atoms with E-state index in [4.69, 9.17) is 4.74 Å². The average Bonchev–Trinajstić information content (AvgIpc) is 3.32. The summed E-state index contributed by atoms with van der Waals surface area (Å²) in [5, 5.41) is 11.5.